The van der Waals surface area contributed by atoms with Crippen molar-refractivity contribution >= 4 is 5.69 Å². The van der Waals surface area contributed by atoms with Crippen molar-refractivity contribution in [3.05, 3.63) is 72.1 Å². The minimum atomic E-state index is -0.201. The number of anilines is 1. The van der Waals surface area contributed by atoms with Gasteiger partial charge in [-0.2, -0.15) is 5.10 Å². The first-order valence-electron chi connectivity index (χ1n) is 6.66. The van der Waals surface area contributed by atoms with Crippen molar-refractivity contribution in [2.45, 2.75) is 13.5 Å². The van der Waals surface area contributed by atoms with Crippen molar-refractivity contribution in [3.8, 4) is 5.69 Å². The molecule has 0 atom stereocenters. The lowest BCUT2D eigenvalue weighted by Crippen LogP contribution is -2.02. The average Bonchev–Trinajstić information content (AvgIpc) is 3.01. The fraction of sp³-hybridized carbons (Fsp3) is 0.125. The van der Waals surface area contributed by atoms with E-state index in [2.05, 4.69) is 15.4 Å². The summed E-state index contributed by atoms with van der Waals surface area (Å²) in [6, 6.07) is 12.7. The molecule has 1 N–H and O–H groups in total. The van der Waals surface area contributed by atoms with Crippen molar-refractivity contribution in [3.63, 3.8) is 0 Å². The Kier molecular flexibility index (Phi) is 3.64. The molecule has 3 rings (SSSR count). The van der Waals surface area contributed by atoms with Gasteiger partial charge in [-0.05, 0) is 54.4 Å². The topological polar surface area (TPSA) is 42.7 Å². The minimum absolute atomic E-state index is 0.201. The minimum Gasteiger partial charge on any atom is -0.381 e. The van der Waals surface area contributed by atoms with E-state index in [4.69, 9.17) is 0 Å². The number of aromatic nitrogens is 3. The number of aryl methyl sites for hydroxylation is 1. The fourth-order valence-corrected chi connectivity index (χ4v) is 2.13. The van der Waals surface area contributed by atoms with E-state index < -0.39 is 0 Å². The Morgan fingerprint density at radius 1 is 1.14 bits per heavy atom. The zero-order valence-corrected chi connectivity index (χ0v) is 11.6. The maximum Gasteiger partial charge on any atom is 0.138 e. The van der Waals surface area contributed by atoms with Crippen LogP contribution in [0.25, 0.3) is 5.69 Å². The summed E-state index contributed by atoms with van der Waals surface area (Å²) in [4.78, 5) is 3.92. The van der Waals surface area contributed by atoms with Gasteiger partial charge in [0, 0.05) is 12.2 Å². The fourth-order valence-electron chi connectivity index (χ4n) is 2.13. The van der Waals surface area contributed by atoms with Crippen molar-refractivity contribution in [1.82, 2.24) is 14.8 Å². The molecule has 0 aliphatic carbocycles. The van der Waals surface area contributed by atoms with Crippen LogP contribution in [-0.4, -0.2) is 14.8 Å². The number of halogens is 1. The number of nitrogens with zero attached hydrogens (tertiary/aromatic N) is 3. The van der Waals surface area contributed by atoms with Crippen LogP contribution in [0.1, 0.15) is 11.1 Å². The monoisotopic (exact) mass is 282 g/mol. The Morgan fingerprint density at radius 2 is 1.95 bits per heavy atom. The molecule has 1 aromatic heterocycles. The summed E-state index contributed by atoms with van der Waals surface area (Å²) in [5.74, 6) is -0.201. The first kappa shape index (κ1) is 13.3. The molecule has 0 aliphatic heterocycles. The third kappa shape index (κ3) is 3.08. The zero-order valence-electron chi connectivity index (χ0n) is 11.6. The lowest BCUT2D eigenvalue weighted by Gasteiger charge is -2.10. The van der Waals surface area contributed by atoms with Crippen LogP contribution in [0.5, 0.6) is 0 Å². The van der Waals surface area contributed by atoms with Crippen LogP contribution >= 0.6 is 0 Å². The molecule has 0 saturated carbocycles. The van der Waals surface area contributed by atoms with E-state index in [1.54, 1.807) is 23.1 Å². The number of hydrogen-bond acceptors (Lipinski definition) is 3. The Hall–Kier alpha value is -2.69. The van der Waals surface area contributed by atoms with E-state index in [0.29, 0.717) is 6.54 Å². The molecular weight excluding hydrogens is 267 g/mol. The van der Waals surface area contributed by atoms with Gasteiger partial charge < -0.3 is 5.32 Å². The normalized spacial score (nSPS) is 10.6. The van der Waals surface area contributed by atoms with E-state index in [-0.39, 0.29) is 5.82 Å². The molecule has 0 fully saturated rings. The molecule has 0 bridgehead atoms. The van der Waals surface area contributed by atoms with Crippen LogP contribution in [0.4, 0.5) is 10.1 Å². The third-order valence-electron chi connectivity index (χ3n) is 3.34. The van der Waals surface area contributed by atoms with Crippen LogP contribution in [0.2, 0.25) is 0 Å². The summed E-state index contributed by atoms with van der Waals surface area (Å²) in [7, 11) is 0. The molecule has 0 unspecified atom stereocenters. The Balaban J connectivity index is 1.68. The van der Waals surface area contributed by atoms with Gasteiger partial charge in [-0.25, -0.2) is 14.1 Å². The highest BCUT2D eigenvalue weighted by atomic mass is 19.1. The molecule has 106 valence electrons. The molecule has 21 heavy (non-hydrogen) atoms. The van der Waals surface area contributed by atoms with Crippen LogP contribution < -0.4 is 5.32 Å². The summed E-state index contributed by atoms with van der Waals surface area (Å²) in [6.07, 6.45) is 3.16. The second-order valence-corrected chi connectivity index (χ2v) is 4.81. The van der Waals surface area contributed by atoms with Crippen LogP contribution in [0, 0.1) is 12.7 Å². The molecule has 4 nitrogen and oxygen atoms in total. The summed E-state index contributed by atoms with van der Waals surface area (Å²) >= 11 is 0. The first-order chi connectivity index (χ1) is 10.2. The highest BCUT2D eigenvalue weighted by Crippen LogP contribution is 2.15. The van der Waals surface area contributed by atoms with Gasteiger partial charge in [0.2, 0.25) is 0 Å². The average molecular weight is 282 g/mol. The Labute approximate surface area is 122 Å². The van der Waals surface area contributed by atoms with Gasteiger partial charge in [0.15, 0.2) is 0 Å². The predicted molar refractivity (Wildman–Crippen MR) is 79.8 cm³/mol. The molecule has 0 amide bonds. The second-order valence-electron chi connectivity index (χ2n) is 4.81. The smallest absolute Gasteiger partial charge is 0.138 e. The van der Waals surface area contributed by atoms with Crippen LogP contribution in [0.15, 0.2) is 55.1 Å². The SMILES string of the molecule is Cc1cc(F)ccc1CNc1ccc(-n2cncn2)cc1. The molecule has 0 saturated heterocycles. The van der Waals surface area contributed by atoms with Gasteiger partial charge in [0.1, 0.15) is 18.5 Å². The van der Waals surface area contributed by atoms with Gasteiger partial charge in [0.05, 0.1) is 5.69 Å². The molecule has 5 heteroatoms. The molecule has 2 aromatic carbocycles. The van der Waals surface area contributed by atoms with Crippen molar-refractivity contribution in [2.24, 2.45) is 0 Å². The molecule has 0 spiro atoms. The van der Waals surface area contributed by atoms with Gasteiger partial charge in [-0.3, -0.25) is 0 Å². The highest BCUT2D eigenvalue weighted by Gasteiger charge is 2.01. The third-order valence-corrected chi connectivity index (χ3v) is 3.34. The molecule has 0 aliphatic rings. The quantitative estimate of drug-likeness (QED) is 0.798. The largest absolute Gasteiger partial charge is 0.381 e. The van der Waals surface area contributed by atoms with E-state index in [1.807, 2.05) is 31.2 Å². The van der Waals surface area contributed by atoms with E-state index >= 15 is 0 Å². The van der Waals surface area contributed by atoms with Gasteiger partial charge in [-0.1, -0.05) is 6.07 Å². The standard InChI is InChI=1S/C16H15FN4/c1-12-8-14(17)3-2-13(12)9-19-15-4-6-16(7-5-15)21-11-18-10-20-21/h2-8,10-11,19H,9H2,1H3. The second kappa shape index (κ2) is 5.75. The van der Waals surface area contributed by atoms with Gasteiger partial charge >= 0.3 is 0 Å². The molecule has 3 aromatic rings. The van der Waals surface area contributed by atoms with Crippen LogP contribution in [0.3, 0.4) is 0 Å². The molecule has 1 heterocycles. The lowest BCUT2D eigenvalue weighted by atomic mass is 10.1. The van der Waals surface area contributed by atoms with Gasteiger partial charge in [-0.15, -0.1) is 0 Å². The summed E-state index contributed by atoms with van der Waals surface area (Å²) in [5.41, 5.74) is 3.98. The van der Waals surface area contributed by atoms with Crippen LogP contribution in [-0.2, 0) is 6.54 Å². The highest BCUT2D eigenvalue weighted by molar-refractivity contribution is 5.49. The van der Waals surface area contributed by atoms with Crippen molar-refractivity contribution in [2.75, 3.05) is 5.32 Å². The summed E-state index contributed by atoms with van der Waals surface area (Å²) in [5, 5.41) is 7.41. The summed E-state index contributed by atoms with van der Waals surface area (Å²) in [6.45, 7) is 2.57. The van der Waals surface area contributed by atoms with E-state index in [0.717, 1.165) is 22.5 Å². The van der Waals surface area contributed by atoms with E-state index in [9.17, 15) is 4.39 Å². The number of rotatable bonds is 4. The zero-order chi connectivity index (χ0) is 14.7. The summed E-state index contributed by atoms with van der Waals surface area (Å²) < 4.78 is 14.8. The molecular formula is C16H15FN4. The predicted octanol–water partition coefficient (Wildman–Crippen LogP) is 3.33. The number of hydrogen-bond donors (Lipinski definition) is 1. The first-order valence-corrected chi connectivity index (χ1v) is 6.66. The number of benzene rings is 2. The maximum atomic E-state index is 13.1. The van der Waals surface area contributed by atoms with Crippen molar-refractivity contribution in [1.29, 1.82) is 0 Å². The van der Waals surface area contributed by atoms with E-state index in [1.165, 1.54) is 12.4 Å². The van der Waals surface area contributed by atoms with Crippen molar-refractivity contribution < 1.29 is 4.39 Å². The Bertz CT molecular complexity index is 721. The number of nitrogens with one attached hydrogen (secondary N) is 1. The maximum absolute atomic E-state index is 13.1. The Morgan fingerprint density at radius 3 is 2.62 bits per heavy atom. The molecule has 0 radical (unpaired) electrons. The van der Waals surface area contributed by atoms with Gasteiger partial charge in [0.25, 0.3) is 0 Å². The lowest BCUT2D eigenvalue weighted by molar-refractivity contribution is 0.625.